The molecule has 1 aliphatic heterocycles. The van der Waals surface area contributed by atoms with Crippen LogP contribution in [-0.2, 0) is 9.53 Å². The Morgan fingerprint density at radius 2 is 2.17 bits per heavy atom. The fourth-order valence-electron chi connectivity index (χ4n) is 2.73. The van der Waals surface area contributed by atoms with Crippen molar-refractivity contribution in [2.75, 3.05) is 38.2 Å². The number of hydrogen-bond donors (Lipinski definition) is 3. The normalized spacial score (nSPS) is 17.2. The predicted molar refractivity (Wildman–Crippen MR) is 97.5 cm³/mol. The van der Waals surface area contributed by atoms with Crippen molar-refractivity contribution >= 4 is 17.6 Å². The van der Waals surface area contributed by atoms with Crippen LogP contribution in [0.1, 0.15) is 38.2 Å². The Morgan fingerprint density at radius 3 is 2.96 bits per heavy atom. The number of carbonyl (C=O) groups excluding carboxylic acids is 1. The number of aliphatic imine (C=N–C) groups is 1. The molecule has 0 bridgehead atoms. The molecule has 1 aromatic carbocycles. The van der Waals surface area contributed by atoms with Crippen molar-refractivity contribution in [1.29, 1.82) is 0 Å². The highest BCUT2D eigenvalue weighted by Crippen LogP contribution is 2.31. The van der Waals surface area contributed by atoms with Crippen LogP contribution in [0.5, 0.6) is 0 Å². The van der Waals surface area contributed by atoms with Crippen LogP contribution < -0.4 is 16.0 Å². The van der Waals surface area contributed by atoms with E-state index in [1.54, 1.807) is 0 Å². The van der Waals surface area contributed by atoms with E-state index in [0.29, 0.717) is 13.0 Å². The number of rotatable bonds is 8. The van der Waals surface area contributed by atoms with Gasteiger partial charge in [0, 0.05) is 44.3 Å². The third kappa shape index (κ3) is 5.53. The lowest BCUT2D eigenvalue weighted by Crippen LogP contribution is -2.38. The molecule has 2 rings (SSSR count). The summed E-state index contributed by atoms with van der Waals surface area (Å²) < 4.78 is 5.34. The van der Waals surface area contributed by atoms with E-state index in [9.17, 15) is 4.79 Å². The second-order valence-electron chi connectivity index (χ2n) is 5.73. The smallest absolute Gasteiger partial charge is 0.225 e. The number of para-hydroxylation sites is 1. The lowest BCUT2D eigenvalue weighted by atomic mass is 9.91. The summed E-state index contributed by atoms with van der Waals surface area (Å²) in [5.74, 6) is 0.967. The van der Waals surface area contributed by atoms with Crippen LogP contribution in [0.15, 0.2) is 29.3 Å². The van der Waals surface area contributed by atoms with E-state index >= 15 is 0 Å². The van der Waals surface area contributed by atoms with E-state index in [1.807, 2.05) is 32.0 Å². The summed E-state index contributed by atoms with van der Waals surface area (Å²) in [6.07, 6.45) is 1.41. The monoisotopic (exact) mass is 332 g/mol. The van der Waals surface area contributed by atoms with Crippen LogP contribution in [0.3, 0.4) is 0 Å². The van der Waals surface area contributed by atoms with Gasteiger partial charge in [-0.2, -0.15) is 0 Å². The molecule has 0 saturated heterocycles. The zero-order chi connectivity index (χ0) is 17.2. The number of guanidine groups is 1. The number of nitrogens with zero attached hydrogens (tertiary/aromatic N) is 1. The molecule has 6 heteroatoms. The Kier molecular flexibility index (Phi) is 7.55. The van der Waals surface area contributed by atoms with Crippen LogP contribution in [0.25, 0.3) is 0 Å². The lowest BCUT2D eigenvalue weighted by molar-refractivity contribution is -0.116. The Labute approximate surface area is 144 Å². The standard InChI is InChI=1S/C18H28N4O2/c1-3-19-18(20-10-7-11-24-4-2)21-13-14-12-17(23)22-16-9-6-5-8-15(14)16/h5-6,8-9,14H,3-4,7,10-13H2,1-2H3,(H,22,23)(H2,19,20,21). The van der Waals surface area contributed by atoms with Gasteiger partial charge in [-0.1, -0.05) is 18.2 Å². The zero-order valence-corrected chi connectivity index (χ0v) is 14.6. The molecule has 0 radical (unpaired) electrons. The van der Waals surface area contributed by atoms with Gasteiger partial charge in [0.05, 0.1) is 6.54 Å². The SMILES string of the molecule is CCNC(=NCC1CC(=O)Nc2ccccc21)NCCCOCC. The van der Waals surface area contributed by atoms with Crippen LogP contribution in [-0.4, -0.2) is 44.7 Å². The number of hydrogen-bond acceptors (Lipinski definition) is 3. The molecule has 0 spiro atoms. The molecule has 0 aliphatic carbocycles. The minimum absolute atomic E-state index is 0.0589. The largest absolute Gasteiger partial charge is 0.382 e. The van der Waals surface area contributed by atoms with Crippen LogP contribution >= 0.6 is 0 Å². The molecule has 1 unspecified atom stereocenters. The first-order chi connectivity index (χ1) is 11.7. The maximum Gasteiger partial charge on any atom is 0.225 e. The quantitative estimate of drug-likeness (QED) is 0.387. The molecule has 0 aromatic heterocycles. The predicted octanol–water partition coefficient (Wildman–Crippen LogP) is 2.09. The average Bonchev–Trinajstić information content (AvgIpc) is 2.59. The minimum Gasteiger partial charge on any atom is -0.382 e. The van der Waals surface area contributed by atoms with Gasteiger partial charge in [0.1, 0.15) is 0 Å². The Morgan fingerprint density at radius 1 is 1.33 bits per heavy atom. The van der Waals surface area contributed by atoms with Crippen molar-refractivity contribution in [2.45, 2.75) is 32.6 Å². The Balaban J connectivity index is 1.94. The fourth-order valence-corrected chi connectivity index (χ4v) is 2.73. The Hall–Kier alpha value is -2.08. The molecule has 1 heterocycles. The van der Waals surface area contributed by atoms with E-state index in [1.165, 1.54) is 0 Å². The first-order valence-electron chi connectivity index (χ1n) is 8.73. The molecular weight excluding hydrogens is 304 g/mol. The molecule has 6 nitrogen and oxygen atoms in total. The number of benzene rings is 1. The van der Waals surface area contributed by atoms with Gasteiger partial charge in [-0.05, 0) is 31.9 Å². The van der Waals surface area contributed by atoms with Crippen LogP contribution in [0, 0.1) is 0 Å². The summed E-state index contributed by atoms with van der Waals surface area (Å²) in [6.45, 7) is 7.74. The van der Waals surface area contributed by atoms with Crippen LogP contribution in [0.4, 0.5) is 5.69 Å². The van der Waals surface area contributed by atoms with Gasteiger partial charge < -0.3 is 20.7 Å². The van der Waals surface area contributed by atoms with Crippen molar-refractivity contribution in [3.05, 3.63) is 29.8 Å². The highest BCUT2D eigenvalue weighted by molar-refractivity contribution is 5.94. The molecule has 1 atom stereocenters. The summed E-state index contributed by atoms with van der Waals surface area (Å²) in [5, 5.41) is 9.48. The van der Waals surface area contributed by atoms with E-state index < -0.39 is 0 Å². The van der Waals surface area contributed by atoms with Crippen molar-refractivity contribution in [3.63, 3.8) is 0 Å². The van der Waals surface area contributed by atoms with E-state index in [0.717, 1.165) is 49.9 Å². The second kappa shape index (κ2) is 9.93. The molecule has 0 saturated carbocycles. The summed E-state index contributed by atoms with van der Waals surface area (Å²) in [4.78, 5) is 16.5. The van der Waals surface area contributed by atoms with Gasteiger partial charge >= 0.3 is 0 Å². The number of ether oxygens (including phenoxy) is 1. The van der Waals surface area contributed by atoms with Crippen molar-refractivity contribution < 1.29 is 9.53 Å². The number of nitrogens with one attached hydrogen (secondary N) is 3. The van der Waals surface area contributed by atoms with Crippen molar-refractivity contribution in [1.82, 2.24) is 10.6 Å². The molecule has 1 aliphatic rings. The molecule has 24 heavy (non-hydrogen) atoms. The molecule has 0 fully saturated rings. The summed E-state index contributed by atoms with van der Waals surface area (Å²) in [6, 6.07) is 7.96. The summed E-state index contributed by atoms with van der Waals surface area (Å²) in [5.41, 5.74) is 2.07. The molecule has 3 N–H and O–H groups in total. The Bertz CT molecular complexity index is 560. The highest BCUT2D eigenvalue weighted by atomic mass is 16.5. The van der Waals surface area contributed by atoms with Crippen LogP contribution in [0.2, 0.25) is 0 Å². The minimum atomic E-state index is 0.0589. The van der Waals surface area contributed by atoms with Crippen molar-refractivity contribution in [3.8, 4) is 0 Å². The number of anilines is 1. The fraction of sp³-hybridized carbons (Fsp3) is 0.556. The second-order valence-corrected chi connectivity index (χ2v) is 5.73. The van der Waals surface area contributed by atoms with Gasteiger partial charge in [0.15, 0.2) is 5.96 Å². The van der Waals surface area contributed by atoms with Gasteiger partial charge in [0.25, 0.3) is 0 Å². The average molecular weight is 332 g/mol. The molecule has 132 valence electrons. The van der Waals surface area contributed by atoms with Crippen molar-refractivity contribution in [2.24, 2.45) is 4.99 Å². The zero-order valence-electron chi connectivity index (χ0n) is 14.6. The number of amides is 1. The van der Waals surface area contributed by atoms with Gasteiger partial charge in [-0.25, -0.2) is 0 Å². The lowest BCUT2D eigenvalue weighted by Gasteiger charge is -2.24. The third-order valence-electron chi connectivity index (χ3n) is 3.88. The third-order valence-corrected chi connectivity index (χ3v) is 3.88. The topological polar surface area (TPSA) is 74.8 Å². The summed E-state index contributed by atoms with van der Waals surface area (Å²) >= 11 is 0. The van der Waals surface area contributed by atoms with Gasteiger partial charge in [-0.3, -0.25) is 9.79 Å². The molecule has 1 aromatic rings. The van der Waals surface area contributed by atoms with E-state index in [4.69, 9.17) is 4.74 Å². The number of carbonyl (C=O) groups is 1. The maximum absolute atomic E-state index is 11.9. The molecule has 1 amide bonds. The summed E-state index contributed by atoms with van der Waals surface area (Å²) in [7, 11) is 0. The first-order valence-corrected chi connectivity index (χ1v) is 8.73. The maximum atomic E-state index is 11.9. The molecular formula is C18H28N4O2. The highest BCUT2D eigenvalue weighted by Gasteiger charge is 2.24. The van der Waals surface area contributed by atoms with Gasteiger partial charge in [-0.15, -0.1) is 0 Å². The van der Waals surface area contributed by atoms with E-state index in [2.05, 4.69) is 27.0 Å². The van der Waals surface area contributed by atoms with Gasteiger partial charge in [0.2, 0.25) is 5.91 Å². The number of fused-ring (bicyclic) bond motifs is 1. The first kappa shape index (κ1) is 18.3. The van der Waals surface area contributed by atoms with E-state index in [-0.39, 0.29) is 11.8 Å².